The van der Waals surface area contributed by atoms with Crippen LogP contribution < -0.4 is 0 Å². The first-order chi connectivity index (χ1) is 19.4. The van der Waals surface area contributed by atoms with Crippen LogP contribution in [-0.2, 0) is 30.8 Å². The Morgan fingerprint density at radius 2 is 1.61 bits per heavy atom. The predicted octanol–water partition coefficient (Wildman–Crippen LogP) is 4.52. The van der Waals surface area contributed by atoms with Crippen molar-refractivity contribution >= 4 is 62.5 Å². The molecule has 2 atom stereocenters. The summed E-state index contributed by atoms with van der Waals surface area (Å²) in [5, 5.41) is 0.693. The molecule has 218 valence electrons. The number of amides is 3. The van der Waals surface area contributed by atoms with Crippen molar-refractivity contribution in [1.82, 2.24) is 19.0 Å². The average molecular weight is 640 g/mol. The second kappa shape index (κ2) is 11.5. The molecule has 2 aromatic carbocycles. The molecule has 3 aliphatic rings. The molecule has 5 rings (SSSR count). The number of rotatable bonds is 6. The van der Waals surface area contributed by atoms with E-state index in [0.717, 1.165) is 9.87 Å². The number of hydrogen-bond acceptors (Lipinski definition) is 5. The molecule has 9 nitrogen and oxygen atoms in total. The molecule has 0 radical (unpaired) electrons. The minimum atomic E-state index is -4.37. The maximum Gasteiger partial charge on any atom is 0.267 e. The van der Waals surface area contributed by atoms with Gasteiger partial charge in [0.1, 0.15) is 22.8 Å². The lowest BCUT2D eigenvalue weighted by molar-refractivity contribution is -0.157. The van der Waals surface area contributed by atoms with E-state index in [1.807, 2.05) is 0 Å². The van der Waals surface area contributed by atoms with E-state index in [2.05, 4.69) is 0 Å². The molecule has 2 saturated heterocycles. The zero-order valence-corrected chi connectivity index (χ0v) is 25.6. The van der Waals surface area contributed by atoms with Crippen LogP contribution in [0.3, 0.4) is 0 Å². The summed E-state index contributed by atoms with van der Waals surface area (Å²) in [7, 11) is -4.37. The lowest BCUT2D eigenvalue weighted by Crippen LogP contribution is -2.68. The number of nitrogens with zero attached hydrogens (tertiary/aromatic N) is 4. The van der Waals surface area contributed by atoms with Gasteiger partial charge in [-0.3, -0.25) is 19.3 Å². The highest BCUT2D eigenvalue weighted by molar-refractivity contribution is 7.89. The SMILES string of the molecule is CC(C)N1C=C2N(C(=O)C(N3CCCCC3=O)CN2S(=O)(=O)c2ccc(Cl)cc2Cl)C(Cc2ccc(Cl)cc2)C1=O. The quantitative estimate of drug-likeness (QED) is 0.463. The van der Waals surface area contributed by atoms with Crippen molar-refractivity contribution in [3.63, 3.8) is 0 Å². The Labute approximate surface area is 254 Å². The highest BCUT2D eigenvalue weighted by Gasteiger charge is 2.52. The fraction of sp³-hybridized carbons (Fsp3) is 0.393. The van der Waals surface area contributed by atoms with E-state index in [1.54, 1.807) is 38.1 Å². The fourth-order valence-corrected chi connectivity index (χ4v) is 7.80. The van der Waals surface area contributed by atoms with Gasteiger partial charge in [-0.15, -0.1) is 0 Å². The molecule has 0 aliphatic carbocycles. The topological polar surface area (TPSA) is 98.3 Å². The van der Waals surface area contributed by atoms with Crippen molar-refractivity contribution in [1.29, 1.82) is 0 Å². The molecule has 0 bridgehead atoms. The Bertz CT molecular complexity index is 1530. The maximum atomic E-state index is 14.2. The smallest absolute Gasteiger partial charge is 0.267 e. The van der Waals surface area contributed by atoms with Gasteiger partial charge in [0.15, 0.2) is 0 Å². The van der Waals surface area contributed by atoms with Crippen molar-refractivity contribution in [2.75, 3.05) is 13.1 Å². The summed E-state index contributed by atoms with van der Waals surface area (Å²) in [5.74, 6) is -1.07. The van der Waals surface area contributed by atoms with Gasteiger partial charge in [-0.1, -0.05) is 46.9 Å². The molecule has 2 aromatic rings. The van der Waals surface area contributed by atoms with Gasteiger partial charge >= 0.3 is 0 Å². The number of fused-ring (bicyclic) bond motifs is 1. The Balaban J connectivity index is 1.68. The van der Waals surface area contributed by atoms with Crippen LogP contribution in [0.4, 0.5) is 0 Å². The molecule has 0 spiro atoms. The van der Waals surface area contributed by atoms with Crippen LogP contribution in [0.15, 0.2) is 59.4 Å². The summed E-state index contributed by atoms with van der Waals surface area (Å²) in [6.07, 6.45) is 3.14. The Morgan fingerprint density at radius 3 is 2.24 bits per heavy atom. The maximum absolute atomic E-state index is 14.2. The summed E-state index contributed by atoms with van der Waals surface area (Å²) < 4.78 is 29.6. The number of halogens is 3. The van der Waals surface area contributed by atoms with E-state index in [1.165, 1.54) is 39.1 Å². The Kier molecular flexibility index (Phi) is 8.31. The first-order valence-corrected chi connectivity index (χ1v) is 15.9. The largest absolute Gasteiger partial charge is 0.329 e. The van der Waals surface area contributed by atoms with Crippen molar-refractivity contribution in [3.05, 3.63) is 75.1 Å². The Morgan fingerprint density at radius 1 is 0.927 bits per heavy atom. The fourth-order valence-electron chi connectivity index (χ4n) is 5.47. The van der Waals surface area contributed by atoms with E-state index < -0.39 is 28.0 Å². The normalized spacial score (nSPS) is 21.9. The van der Waals surface area contributed by atoms with Crippen LogP contribution >= 0.6 is 34.8 Å². The Hall–Kier alpha value is -2.79. The van der Waals surface area contributed by atoms with Crippen LogP contribution in [0.2, 0.25) is 15.1 Å². The third-order valence-corrected chi connectivity index (χ3v) is 10.3. The molecular weight excluding hydrogens is 611 g/mol. The number of sulfonamides is 1. The number of carbonyl (C=O) groups is 3. The van der Waals surface area contributed by atoms with Gasteiger partial charge in [0, 0.05) is 41.7 Å². The molecule has 13 heteroatoms. The van der Waals surface area contributed by atoms with Crippen molar-refractivity contribution < 1.29 is 22.8 Å². The third-order valence-electron chi connectivity index (χ3n) is 7.57. The van der Waals surface area contributed by atoms with E-state index >= 15 is 0 Å². The first kappa shape index (κ1) is 29.7. The zero-order valence-electron chi connectivity index (χ0n) is 22.5. The average Bonchev–Trinajstić information content (AvgIpc) is 2.91. The van der Waals surface area contributed by atoms with E-state index in [4.69, 9.17) is 34.8 Å². The molecule has 3 heterocycles. The number of carbonyl (C=O) groups excluding carboxylic acids is 3. The minimum Gasteiger partial charge on any atom is -0.329 e. The third kappa shape index (κ3) is 5.55. The number of piperidine rings is 1. The van der Waals surface area contributed by atoms with Gasteiger partial charge in [-0.05, 0) is 62.6 Å². The molecule has 3 aliphatic heterocycles. The lowest BCUT2D eigenvalue weighted by atomic mass is 9.97. The molecule has 0 aromatic heterocycles. The second-order valence-corrected chi connectivity index (χ2v) is 13.7. The summed E-state index contributed by atoms with van der Waals surface area (Å²) in [6.45, 7) is 3.60. The highest BCUT2D eigenvalue weighted by atomic mass is 35.5. The minimum absolute atomic E-state index is 0.0222. The number of benzene rings is 2. The van der Waals surface area contributed by atoms with Gasteiger partial charge in [0.05, 0.1) is 11.6 Å². The monoisotopic (exact) mass is 638 g/mol. The van der Waals surface area contributed by atoms with E-state index in [9.17, 15) is 22.8 Å². The van der Waals surface area contributed by atoms with Gasteiger partial charge in [-0.2, -0.15) is 0 Å². The van der Waals surface area contributed by atoms with Crippen LogP contribution in [0, 0.1) is 0 Å². The molecule has 0 saturated carbocycles. The molecule has 41 heavy (non-hydrogen) atoms. The molecule has 3 amide bonds. The highest BCUT2D eigenvalue weighted by Crippen LogP contribution is 2.38. The second-order valence-electron chi connectivity index (χ2n) is 10.6. The van der Waals surface area contributed by atoms with Gasteiger partial charge in [0.25, 0.3) is 15.9 Å². The summed E-state index contributed by atoms with van der Waals surface area (Å²) in [6, 6.07) is 8.44. The lowest BCUT2D eigenvalue weighted by Gasteiger charge is -2.50. The van der Waals surface area contributed by atoms with Gasteiger partial charge in [-0.25, -0.2) is 12.7 Å². The van der Waals surface area contributed by atoms with Gasteiger partial charge in [0.2, 0.25) is 11.8 Å². The van der Waals surface area contributed by atoms with Crippen molar-refractivity contribution in [2.24, 2.45) is 0 Å². The van der Waals surface area contributed by atoms with Crippen LogP contribution in [0.25, 0.3) is 0 Å². The van der Waals surface area contributed by atoms with E-state index in [0.29, 0.717) is 24.4 Å². The van der Waals surface area contributed by atoms with Crippen molar-refractivity contribution in [3.8, 4) is 0 Å². The van der Waals surface area contributed by atoms with Crippen LogP contribution in [-0.4, -0.2) is 76.4 Å². The standard InChI is InChI=1S/C28H29Cl3N4O5S/c1-17(2)33-16-25-34(41(39,40)24-11-10-20(30)14-21(24)31)15-23(32-12-4-3-5-26(32)36)28(38)35(25)22(27(33)37)13-18-6-8-19(29)9-7-18/h6-11,14,16-17,22-23H,3-5,12-13,15H2,1-2H3. The molecule has 2 fully saturated rings. The summed E-state index contributed by atoms with van der Waals surface area (Å²) in [5.41, 5.74) is 0.733. The summed E-state index contributed by atoms with van der Waals surface area (Å²) >= 11 is 18.5. The van der Waals surface area contributed by atoms with Crippen LogP contribution in [0.1, 0.15) is 38.7 Å². The van der Waals surface area contributed by atoms with Crippen LogP contribution in [0.5, 0.6) is 0 Å². The number of hydrogen-bond donors (Lipinski definition) is 0. The molecule has 0 N–H and O–H groups in total. The van der Waals surface area contributed by atoms with Gasteiger partial charge < -0.3 is 9.80 Å². The summed E-state index contributed by atoms with van der Waals surface area (Å²) in [4.78, 5) is 45.0. The van der Waals surface area contributed by atoms with Crippen molar-refractivity contribution in [2.45, 2.75) is 62.6 Å². The zero-order chi connectivity index (χ0) is 29.6. The molecular formula is C28H29Cl3N4O5S. The first-order valence-electron chi connectivity index (χ1n) is 13.3. The number of likely N-dealkylation sites (tertiary alicyclic amines) is 1. The predicted molar refractivity (Wildman–Crippen MR) is 156 cm³/mol. The molecule has 2 unspecified atom stereocenters. The van der Waals surface area contributed by atoms with E-state index in [-0.39, 0.29) is 58.0 Å².